The first-order valence-electron chi connectivity index (χ1n) is 5.78. The maximum atomic E-state index is 12.4. The Kier molecular flexibility index (Phi) is 6.46. The predicted octanol–water partition coefficient (Wildman–Crippen LogP) is 3.26. The molecular weight excluding hydrogens is 398 g/mol. The molecule has 4 nitrogen and oxygen atoms in total. The summed E-state index contributed by atoms with van der Waals surface area (Å²) in [4.78, 5) is 0.244. The quantitative estimate of drug-likeness (QED) is 0.717. The summed E-state index contributed by atoms with van der Waals surface area (Å²) in [6, 6.07) is 5.07. The topological polar surface area (TPSA) is 46.6 Å². The van der Waals surface area contributed by atoms with Gasteiger partial charge in [-0.05, 0) is 48.0 Å². The molecule has 0 spiro atoms. The fourth-order valence-corrected chi connectivity index (χ4v) is 3.99. The van der Waals surface area contributed by atoms with Crippen LogP contribution in [0.2, 0.25) is 0 Å². The van der Waals surface area contributed by atoms with Crippen LogP contribution in [0.4, 0.5) is 0 Å². The van der Waals surface area contributed by atoms with Crippen molar-refractivity contribution in [1.29, 1.82) is 0 Å². The van der Waals surface area contributed by atoms with Crippen LogP contribution in [0.3, 0.4) is 0 Å². The van der Waals surface area contributed by atoms with E-state index in [1.54, 1.807) is 25.2 Å². The maximum absolute atomic E-state index is 12.4. The lowest BCUT2D eigenvalue weighted by molar-refractivity contribution is 0.0737. The summed E-state index contributed by atoms with van der Waals surface area (Å²) in [5.74, 6) is 0. The number of hydrogen-bond donors (Lipinski definition) is 0. The van der Waals surface area contributed by atoms with Crippen molar-refractivity contribution < 1.29 is 13.2 Å². The molecule has 0 N–H and O–H groups in total. The van der Waals surface area contributed by atoms with E-state index in [1.807, 2.05) is 13.8 Å². The fourth-order valence-electron chi connectivity index (χ4n) is 1.38. The Bertz CT molecular complexity index is 532. The molecular formula is C12H17Br2NO3S. The predicted molar refractivity (Wildman–Crippen MR) is 82.7 cm³/mol. The Morgan fingerprint density at radius 3 is 2.53 bits per heavy atom. The number of halogens is 2. The van der Waals surface area contributed by atoms with Crippen molar-refractivity contribution in [2.24, 2.45) is 0 Å². The Morgan fingerprint density at radius 2 is 1.95 bits per heavy atom. The molecule has 0 aliphatic heterocycles. The third-order valence-electron chi connectivity index (χ3n) is 2.44. The van der Waals surface area contributed by atoms with Gasteiger partial charge in [-0.3, -0.25) is 0 Å². The van der Waals surface area contributed by atoms with Crippen LogP contribution in [0.25, 0.3) is 0 Å². The molecule has 0 unspecified atom stereocenters. The summed E-state index contributed by atoms with van der Waals surface area (Å²) in [5, 5.41) is 0. The second kappa shape index (κ2) is 7.17. The van der Waals surface area contributed by atoms with Crippen LogP contribution in [-0.2, 0) is 14.8 Å². The van der Waals surface area contributed by atoms with Gasteiger partial charge < -0.3 is 4.74 Å². The first kappa shape index (κ1) is 17.1. The zero-order valence-corrected chi connectivity index (χ0v) is 15.0. The molecule has 0 amide bonds. The molecule has 108 valence electrons. The molecule has 0 saturated heterocycles. The number of benzene rings is 1. The zero-order valence-electron chi connectivity index (χ0n) is 11.1. The monoisotopic (exact) mass is 413 g/mol. The second-order valence-corrected chi connectivity index (χ2v) is 8.10. The molecule has 1 aromatic carbocycles. The number of ether oxygens (including phenoxy) is 1. The van der Waals surface area contributed by atoms with Gasteiger partial charge in [0.25, 0.3) is 0 Å². The summed E-state index contributed by atoms with van der Waals surface area (Å²) in [5.41, 5.74) is 0. The van der Waals surface area contributed by atoms with Gasteiger partial charge >= 0.3 is 0 Å². The number of rotatable bonds is 6. The summed E-state index contributed by atoms with van der Waals surface area (Å²) in [6.07, 6.45) is 0.0914. The standard InChI is InChI=1S/C12H17Br2NO3S/c1-9(2)18-7-6-15(3)19(16,17)12-8-10(13)4-5-11(12)14/h4-5,8-9H,6-7H2,1-3H3. The van der Waals surface area contributed by atoms with Crippen LogP contribution >= 0.6 is 31.9 Å². The van der Waals surface area contributed by atoms with Crippen LogP contribution in [0.1, 0.15) is 13.8 Å². The lowest BCUT2D eigenvalue weighted by Gasteiger charge is -2.19. The van der Waals surface area contributed by atoms with E-state index in [2.05, 4.69) is 31.9 Å². The Balaban J connectivity index is 2.88. The highest BCUT2D eigenvalue weighted by Gasteiger charge is 2.23. The van der Waals surface area contributed by atoms with Gasteiger partial charge in [0.15, 0.2) is 0 Å². The molecule has 0 heterocycles. The van der Waals surface area contributed by atoms with E-state index in [0.29, 0.717) is 17.6 Å². The Morgan fingerprint density at radius 1 is 1.32 bits per heavy atom. The largest absolute Gasteiger partial charge is 0.377 e. The Hall–Kier alpha value is 0.0500. The molecule has 0 saturated carbocycles. The van der Waals surface area contributed by atoms with Gasteiger partial charge in [-0.25, -0.2) is 8.42 Å². The first-order valence-corrected chi connectivity index (χ1v) is 8.80. The van der Waals surface area contributed by atoms with Crippen molar-refractivity contribution in [2.75, 3.05) is 20.2 Å². The smallest absolute Gasteiger partial charge is 0.244 e. The summed E-state index contributed by atoms with van der Waals surface area (Å²) < 4.78 is 32.7. The Labute approximate surface area is 131 Å². The molecule has 0 atom stereocenters. The SMILES string of the molecule is CC(C)OCCN(C)S(=O)(=O)c1cc(Br)ccc1Br. The molecule has 1 rings (SSSR count). The van der Waals surface area contributed by atoms with Gasteiger partial charge in [-0.1, -0.05) is 15.9 Å². The van der Waals surface area contributed by atoms with Crippen LogP contribution in [0.15, 0.2) is 32.0 Å². The summed E-state index contributed by atoms with van der Waals surface area (Å²) >= 11 is 6.55. The van der Waals surface area contributed by atoms with Gasteiger partial charge in [0.2, 0.25) is 10.0 Å². The highest BCUT2D eigenvalue weighted by atomic mass is 79.9. The second-order valence-electron chi connectivity index (χ2n) is 4.32. The van der Waals surface area contributed by atoms with Crippen LogP contribution in [0, 0.1) is 0 Å². The zero-order chi connectivity index (χ0) is 14.6. The van der Waals surface area contributed by atoms with Crippen LogP contribution in [-0.4, -0.2) is 39.0 Å². The average molecular weight is 415 g/mol. The van der Waals surface area contributed by atoms with Gasteiger partial charge in [0.1, 0.15) is 0 Å². The minimum absolute atomic E-state index is 0.0914. The van der Waals surface area contributed by atoms with E-state index in [9.17, 15) is 8.42 Å². The van der Waals surface area contributed by atoms with E-state index in [4.69, 9.17) is 4.74 Å². The van der Waals surface area contributed by atoms with Gasteiger partial charge in [-0.2, -0.15) is 4.31 Å². The summed E-state index contributed by atoms with van der Waals surface area (Å²) in [7, 11) is -1.97. The normalized spacial score (nSPS) is 12.4. The van der Waals surface area contributed by atoms with E-state index in [1.165, 1.54) is 4.31 Å². The highest BCUT2D eigenvalue weighted by Crippen LogP contribution is 2.27. The minimum Gasteiger partial charge on any atom is -0.377 e. The van der Waals surface area contributed by atoms with Crippen molar-refractivity contribution in [2.45, 2.75) is 24.8 Å². The minimum atomic E-state index is -3.51. The lowest BCUT2D eigenvalue weighted by Crippen LogP contribution is -2.31. The van der Waals surface area contributed by atoms with E-state index >= 15 is 0 Å². The van der Waals surface area contributed by atoms with Crippen molar-refractivity contribution in [3.05, 3.63) is 27.1 Å². The lowest BCUT2D eigenvalue weighted by atomic mass is 10.4. The third-order valence-corrected chi connectivity index (χ3v) is 5.78. The van der Waals surface area contributed by atoms with Crippen molar-refractivity contribution in [1.82, 2.24) is 4.31 Å². The van der Waals surface area contributed by atoms with E-state index in [0.717, 1.165) is 4.47 Å². The molecule has 1 aromatic rings. The number of hydrogen-bond acceptors (Lipinski definition) is 3. The molecule has 0 aliphatic rings. The summed E-state index contributed by atoms with van der Waals surface area (Å²) in [6.45, 7) is 4.53. The van der Waals surface area contributed by atoms with Crippen molar-refractivity contribution >= 4 is 41.9 Å². The number of sulfonamides is 1. The molecule has 0 bridgehead atoms. The number of likely N-dealkylation sites (N-methyl/N-ethyl adjacent to an activating group) is 1. The fraction of sp³-hybridized carbons (Fsp3) is 0.500. The number of nitrogens with zero attached hydrogens (tertiary/aromatic N) is 1. The van der Waals surface area contributed by atoms with E-state index in [-0.39, 0.29) is 11.0 Å². The van der Waals surface area contributed by atoms with Gasteiger partial charge in [0.05, 0.1) is 17.6 Å². The van der Waals surface area contributed by atoms with Gasteiger partial charge in [0, 0.05) is 22.5 Å². The molecule has 0 aliphatic carbocycles. The molecule has 0 radical (unpaired) electrons. The molecule has 0 aromatic heterocycles. The molecule has 0 fully saturated rings. The van der Waals surface area contributed by atoms with Crippen LogP contribution < -0.4 is 0 Å². The maximum Gasteiger partial charge on any atom is 0.244 e. The van der Waals surface area contributed by atoms with Crippen molar-refractivity contribution in [3.8, 4) is 0 Å². The van der Waals surface area contributed by atoms with Crippen molar-refractivity contribution in [3.63, 3.8) is 0 Å². The molecule has 7 heteroatoms. The van der Waals surface area contributed by atoms with E-state index < -0.39 is 10.0 Å². The average Bonchev–Trinajstić information content (AvgIpc) is 2.31. The van der Waals surface area contributed by atoms with Crippen LogP contribution in [0.5, 0.6) is 0 Å². The highest BCUT2D eigenvalue weighted by molar-refractivity contribution is 9.11. The van der Waals surface area contributed by atoms with Gasteiger partial charge in [-0.15, -0.1) is 0 Å². The first-order chi connectivity index (χ1) is 8.75. The third kappa shape index (κ3) is 4.82. The molecule has 19 heavy (non-hydrogen) atoms.